The Balaban J connectivity index is 2.90. The van der Waals surface area contributed by atoms with Crippen LogP contribution in [0.2, 0.25) is 0 Å². The molecule has 0 radical (unpaired) electrons. The molecular formula is C11H8BrNS. The molecule has 3 heteroatoms. The molecule has 0 unspecified atom stereocenters. The average Bonchev–Trinajstić information content (AvgIpc) is 2.63. The number of benzene rings is 1. The maximum absolute atomic E-state index is 8.98. The Morgan fingerprint density at radius 2 is 2.29 bits per heavy atom. The minimum Gasteiger partial charge on any atom is -0.192 e. The number of alkyl halides is 1. The fraction of sp³-hybridized carbons (Fsp3) is 0.182. The fourth-order valence-electron chi connectivity index (χ4n) is 1.55. The Bertz CT molecular complexity index is 522. The summed E-state index contributed by atoms with van der Waals surface area (Å²) in [6.45, 7) is 2.08. The smallest absolute Gasteiger partial charge is 0.101 e. The lowest BCUT2D eigenvalue weighted by Crippen LogP contribution is -1.83. The van der Waals surface area contributed by atoms with Crippen LogP contribution in [0.5, 0.6) is 0 Å². The largest absolute Gasteiger partial charge is 0.192 e. The molecule has 1 aromatic heterocycles. The topological polar surface area (TPSA) is 23.8 Å². The third-order valence-electron chi connectivity index (χ3n) is 2.27. The van der Waals surface area contributed by atoms with Crippen molar-refractivity contribution < 1.29 is 0 Å². The average molecular weight is 266 g/mol. The van der Waals surface area contributed by atoms with Crippen molar-refractivity contribution >= 4 is 37.4 Å². The predicted octanol–water partition coefficient (Wildman–Crippen LogP) is 3.98. The molecule has 0 aliphatic rings. The van der Waals surface area contributed by atoms with Gasteiger partial charge in [-0.2, -0.15) is 5.26 Å². The van der Waals surface area contributed by atoms with E-state index < -0.39 is 0 Å². The molecule has 0 fully saturated rings. The maximum atomic E-state index is 8.98. The summed E-state index contributed by atoms with van der Waals surface area (Å²) in [6.07, 6.45) is 0. The van der Waals surface area contributed by atoms with Crippen LogP contribution in [0.1, 0.15) is 16.7 Å². The van der Waals surface area contributed by atoms with Gasteiger partial charge in [-0.3, -0.25) is 0 Å². The minimum atomic E-state index is 0.795. The highest BCUT2D eigenvalue weighted by Crippen LogP contribution is 2.32. The van der Waals surface area contributed by atoms with Gasteiger partial charge in [0, 0.05) is 20.8 Å². The molecule has 0 N–H and O–H groups in total. The molecule has 2 rings (SSSR count). The van der Waals surface area contributed by atoms with Crippen LogP contribution < -0.4 is 0 Å². The van der Waals surface area contributed by atoms with E-state index in [0.717, 1.165) is 16.3 Å². The molecule has 1 nitrogen and oxygen atoms in total. The highest BCUT2D eigenvalue weighted by atomic mass is 79.9. The molecule has 70 valence electrons. The van der Waals surface area contributed by atoms with E-state index in [-0.39, 0.29) is 0 Å². The van der Waals surface area contributed by atoms with Crippen molar-refractivity contribution in [3.05, 3.63) is 34.2 Å². The van der Waals surface area contributed by atoms with Crippen LogP contribution in [0, 0.1) is 18.3 Å². The van der Waals surface area contributed by atoms with Crippen LogP contribution in [0.4, 0.5) is 0 Å². The molecule has 0 amide bonds. The molecule has 2 aromatic rings. The lowest BCUT2D eigenvalue weighted by molar-refractivity contribution is 1.44. The van der Waals surface area contributed by atoms with Crippen molar-refractivity contribution in [1.82, 2.24) is 0 Å². The zero-order chi connectivity index (χ0) is 10.1. The number of halogens is 1. The first-order valence-electron chi connectivity index (χ1n) is 4.23. The zero-order valence-electron chi connectivity index (χ0n) is 7.67. The lowest BCUT2D eigenvalue weighted by atomic mass is 10.1. The quantitative estimate of drug-likeness (QED) is 0.716. The Kier molecular flexibility index (Phi) is 2.58. The van der Waals surface area contributed by atoms with Gasteiger partial charge in [0.2, 0.25) is 0 Å². The zero-order valence-corrected chi connectivity index (χ0v) is 10.1. The van der Waals surface area contributed by atoms with Crippen molar-refractivity contribution in [3.63, 3.8) is 0 Å². The molecule has 14 heavy (non-hydrogen) atoms. The van der Waals surface area contributed by atoms with Crippen molar-refractivity contribution in [2.75, 3.05) is 0 Å². The third kappa shape index (κ3) is 1.35. The van der Waals surface area contributed by atoms with Gasteiger partial charge in [-0.1, -0.05) is 28.1 Å². The van der Waals surface area contributed by atoms with Gasteiger partial charge in [-0.15, -0.1) is 11.3 Å². The number of nitrogens with zero attached hydrogens (tertiary/aromatic N) is 1. The van der Waals surface area contributed by atoms with E-state index in [1.165, 1.54) is 15.8 Å². The molecule has 0 saturated heterocycles. The van der Waals surface area contributed by atoms with E-state index in [2.05, 4.69) is 41.1 Å². The lowest BCUT2D eigenvalue weighted by Gasteiger charge is -2.01. The Labute approximate surface area is 95.1 Å². The summed E-state index contributed by atoms with van der Waals surface area (Å²) in [7, 11) is 0. The van der Waals surface area contributed by atoms with Crippen molar-refractivity contribution in [1.29, 1.82) is 5.26 Å². The van der Waals surface area contributed by atoms with Gasteiger partial charge in [-0.05, 0) is 18.1 Å². The summed E-state index contributed by atoms with van der Waals surface area (Å²) in [5, 5.41) is 12.8. The first-order chi connectivity index (χ1) is 6.77. The first kappa shape index (κ1) is 9.70. The SMILES string of the molecule is Cc1ccc(CBr)c2c(C#N)csc12. The second-order valence-corrected chi connectivity index (χ2v) is 4.58. The van der Waals surface area contributed by atoms with Gasteiger partial charge in [0.1, 0.15) is 6.07 Å². The van der Waals surface area contributed by atoms with Crippen LogP contribution in [-0.2, 0) is 5.33 Å². The molecule has 0 aliphatic heterocycles. The minimum absolute atomic E-state index is 0.795. The molecule has 0 aliphatic carbocycles. The summed E-state index contributed by atoms with van der Waals surface area (Å²) in [6, 6.07) is 6.43. The standard InChI is InChI=1S/C11H8BrNS/c1-7-2-3-8(4-12)10-9(5-13)6-14-11(7)10/h2-3,6H,4H2,1H3. The van der Waals surface area contributed by atoms with Crippen LogP contribution in [0.25, 0.3) is 10.1 Å². The highest BCUT2D eigenvalue weighted by molar-refractivity contribution is 9.08. The van der Waals surface area contributed by atoms with E-state index in [1.54, 1.807) is 11.3 Å². The fourth-order valence-corrected chi connectivity index (χ4v) is 3.03. The number of thiophene rings is 1. The van der Waals surface area contributed by atoms with Crippen LogP contribution in [0.15, 0.2) is 17.5 Å². The predicted molar refractivity (Wildman–Crippen MR) is 63.9 cm³/mol. The molecule has 1 heterocycles. The van der Waals surface area contributed by atoms with Crippen molar-refractivity contribution in [2.45, 2.75) is 12.3 Å². The van der Waals surface area contributed by atoms with E-state index in [0.29, 0.717) is 0 Å². The van der Waals surface area contributed by atoms with Gasteiger partial charge >= 0.3 is 0 Å². The second kappa shape index (κ2) is 3.72. The molecule has 0 saturated carbocycles. The van der Waals surface area contributed by atoms with Crippen molar-refractivity contribution in [3.8, 4) is 6.07 Å². The maximum Gasteiger partial charge on any atom is 0.101 e. The summed E-state index contributed by atoms with van der Waals surface area (Å²) in [4.78, 5) is 0. The van der Waals surface area contributed by atoms with Gasteiger partial charge in [0.05, 0.1) is 5.56 Å². The number of nitriles is 1. The summed E-state index contributed by atoms with van der Waals surface area (Å²) >= 11 is 5.10. The van der Waals surface area contributed by atoms with Gasteiger partial charge in [-0.25, -0.2) is 0 Å². The van der Waals surface area contributed by atoms with Gasteiger partial charge < -0.3 is 0 Å². The van der Waals surface area contributed by atoms with Gasteiger partial charge in [0.15, 0.2) is 0 Å². The Hall–Kier alpha value is -0.850. The molecule has 0 atom stereocenters. The Morgan fingerprint density at radius 3 is 2.93 bits per heavy atom. The summed E-state index contributed by atoms with van der Waals surface area (Å²) in [5.41, 5.74) is 3.24. The molecule has 0 bridgehead atoms. The monoisotopic (exact) mass is 265 g/mol. The third-order valence-corrected chi connectivity index (χ3v) is 3.99. The number of fused-ring (bicyclic) bond motifs is 1. The number of rotatable bonds is 1. The normalized spacial score (nSPS) is 10.4. The van der Waals surface area contributed by atoms with E-state index in [1.807, 2.05) is 5.38 Å². The van der Waals surface area contributed by atoms with Gasteiger partial charge in [0.25, 0.3) is 0 Å². The van der Waals surface area contributed by atoms with Crippen LogP contribution >= 0.6 is 27.3 Å². The number of aryl methyl sites for hydroxylation is 1. The number of hydrogen-bond donors (Lipinski definition) is 0. The summed E-state index contributed by atoms with van der Waals surface area (Å²) in [5.74, 6) is 0. The Morgan fingerprint density at radius 1 is 1.50 bits per heavy atom. The highest BCUT2D eigenvalue weighted by Gasteiger charge is 2.09. The van der Waals surface area contributed by atoms with Crippen LogP contribution in [-0.4, -0.2) is 0 Å². The first-order valence-corrected chi connectivity index (χ1v) is 6.23. The van der Waals surface area contributed by atoms with E-state index >= 15 is 0 Å². The number of hydrogen-bond acceptors (Lipinski definition) is 2. The molecular weight excluding hydrogens is 258 g/mol. The van der Waals surface area contributed by atoms with Crippen LogP contribution in [0.3, 0.4) is 0 Å². The summed E-state index contributed by atoms with van der Waals surface area (Å²) < 4.78 is 1.23. The van der Waals surface area contributed by atoms with E-state index in [9.17, 15) is 0 Å². The molecule has 1 aromatic carbocycles. The van der Waals surface area contributed by atoms with Crippen molar-refractivity contribution in [2.24, 2.45) is 0 Å². The van der Waals surface area contributed by atoms with E-state index in [4.69, 9.17) is 5.26 Å². The second-order valence-electron chi connectivity index (χ2n) is 3.14. The molecule has 0 spiro atoms.